The zero-order valence-corrected chi connectivity index (χ0v) is 6.72. The van der Waals surface area contributed by atoms with Crippen molar-refractivity contribution in [2.75, 3.05) is 6.54 Å². The van der Waals surface area contributed by atoms with Gasteiger partial charge in [-0.25, -0.2) is 0 Å². The highest BCUT2D eigenvalue weighted by Crippen LogP contribution is 1.89. The summed E-state index contributed by atoms with van der Waals surface area (Å²) in [5.74, 6) is 2.60. The third-order valence-electron chi connectivity index (χ3n) is 1.51. The molecule has 0 rings (SSSR count). The third kappa shape index (κ3) is 3.49. The fourth-order valence-corrected chi connectivity index (χ4v) is 0.754. The molecule has 0 saturated carbocycles. The highest BCUT2D eigenvalue weighted by molar-refractivity contribution is 4.96. The summed E-state index contributed by atoms with van der Waals surface area (Å²) in [6.07, 6.45) is 6.21. The molecule has 0 aromatic rings. The largest absolute Gasteiger partial charge is 0.329 e. The Bertz CT molecular complexity index is 111. The molecule has 2 heteroatoms. The fourth-order valence-electron chi connectivity index (χ4n) is 0.754. The number of terminal acetylenes is 1. The molecule has 2 nitrogen and oxygen atoms in total. The molecular weight excluding hydrogens is 124 g/mol. The average Bonchev–Trinajstić information content (AvgIpc) is 1.99. The van der Waals surface area contributed by atoms with E-state index in [9.17, 15) is 0 Å². The van der Waals surface area contributed by atoms with Crippen molar-refractivity contribution in [3.8, 4) is 12.3 Å². The molecule has 0 aliphatic carbocycles. The predicted molar refractivity (Wildman–Crippen MR) is 44.6 cm³/mol. The molecular formula is C8H16N2. The molecule has 0 radical (unpaired) electrons. The van der Waals surface area contributed by atoms with E-state index in [1.165, 1.54) is 0 Å². The number of hydrogen-bond acceptors (Lipinski definition) is 2. The van der Waals surface area contributed by atoms with E-state index < -0.39 is 0 Å². The number of nitrogens with one attached hydrogen (secondary N) is 1. The van der Waals surface area contributed by atoms with Crippen LogP contribution >= 0.6 is 0 Å². The molecule has 0 amide bonds. The van der Waals surface area contributed by atoms with Gasteiger partial charge in [-0.05, 0) is 13.3 Å². The lowest BCUT2D eigenvalue weighted by Crippen LogP contribution is -2.40. The van der Waals surface area contributed by atoms with Gasteiger partial charge in [-0.2, -0.15) is 0 Å². The fraction of sp³-hybridized carbons (Fsp3) is 0.750. The molecule has 10 heavy (non-hydrogen) atoms. The van der Waals surface area contributed by atoms with Crippen LogP contribution in [0.3, 0.4) is 0 Å². The standard InChI is InChI=1S/C8H16N2/c1-4-7(3)10-8(5-2)6-9/h1,7-8,10H,5-6,9H2,2-3H3. The highest BCUT2D eigenvalue weighted by atomic mass is 15.0. The lowest BCUT2D eigenvalue weighted by molar-refractivity contribution is 0.486. The number of hydrogen-bond donors (Lipinski definition) is 2. The minimum atomic E-state index is 0.133. The molecule has 0 spiro atoms. The molecule has 0 bridgehead atoms. The molecule has 2 atom stereocenters. The second-order valence-corrected chi connectivity index (χ2v) is 2.40. The maximum atomic E-state index is 5.46. The summed E-state index contributed by atoms with van der Waals surface area (Å²) in [5.41, 5.74) is 5.46. The van der Waals surface area contributed by atoms with Gasteiger partial charge >= 0.3 is 0 Å². The highest BCUT2D eigenvalue weighted by Gasteiger charge is 2.04. The number of nitrogens with two attached hydrogens (primary N) is 1. The van der Waals surface area contributed by atoms with E-state index in [4.69, 9.17) is 12.2 Å². The summed E-state index contributed by atoms with van der Waals surface area (Å²) in [4.78, 5) is 0. The van der Waals surface area contributed by atoms with Gasteiger partial charge in [0.15, 0.2) is 0 Å². The minimum Gasteiger partial charge on any atom is -0.329 e. The zero-order chi connectivity index (χ0) is 7.98. The van der Waals surface area contributed by atoms with Crippen LogP contribution in [0, 0.1) is 12.3 Å². The van der Waals surface area contributed by atoms with Crippen LogP contribution in [0.15, 0.2) is 0 Å². The molecule has 2 unspecified atom stereocenters. The van der Waals surface area contributed by atoms with Gasteiger partial charge in [-0.15, -0.1) is 6.42 Å². The van der Waals surface area contributed by atoms with E-state index in [1.54, 1.807) is 0 Å². The first kappa shape index (κ1) is 9.48. The van der Waals surface area contributed by atoms with Crippen molar-refractivity contribution in [3.05, 3.63) is 0 Å². The molecule has 0 heterocycles. The molecule has 3 N–H and O–H groups in total. The van der Waals surface area contributed by atoms with Crippen LogP contribution in [0.1, 0.15) is 20.3 Å². The molecule has 58 valence electrons. The Balaban J connectivity index is 3.54. The topological polar surface area (TPSA) is 38.0 Å². The minimum absolute atomic E-state index is 0.133. The average molecular weight is 140 g/mol. The maximum absolute atomic E-state index is 5.46. The first-order valence-corrected chi connectivity index (χ1v) is 3.66. The first-order valence-electron chi connectivity index (χ1n) is 3.66. The van der Waals surface area contributed by atoms with E-state index in [0.717, 1.165) is 6.42 Å². The van der Waals surface area contributed by atoms with Gasteiger partial charge in [0.2, 0.25) is 0 Å². The Kier molecular flexibility index (Phi) is 5.00. The quantitative estimate of drug-likeness (QED) is 0.552. The van der Waals surface area contributed by atoms with Crippen molar-refractivity contribution in [1.29, 1.82) is 0 Å². The summed E-state index contributed by atoms with van der Waals surface area (Å²) >= 11 is 0. The van der Waals surface area contributed by atoms with Gasteiger partial charge < -0.3 is 5.73 Å². The van der Waals surface area contributed by atoms with Gasteiger partial charge in [0.05, 0.1) is 6.04 Å². The van der Waals surface area contributed by atoms with Gasteiger partial charge in [-0.3, -0.25) is 5.32 Å². The van der Waals surface area contributed by atoms with Crippen LogP contribution < -0.4 is 11.1 Å². The van der Waals surface area contributed by atoms with Gasteiger partial charge in [-0.1, -0.05) is 12.8 Å². The van der Waals surface area contributed by atoms with Crippen LogP contribution in [0.4, 0.5) is 0 Å². The molecule has 0 saturated heterocycles. The first-order chi connectivity index (χ1) is 4.74. The lowest BCUT2D eigenvalue weighted by atomic mass is 10.2. The SMILES string of the molecule is C#CC(C)NC(CC)CN. The van der Waals surface area contributed by atoms with Gasteiger partial charge in [0, 0.05) is 12.6 Å². The molecule has 0 aromatic heterocycles. The Morgan fingerprint density at radius 3 is 2.60 bits per heavy atom. The second kappa shape index (κ2) is 5.28. The summed E-state index contributed by atoms with van der Waals surface area (Å²) in [6.45, 7) is 4.70. The zero-order valence-electron chi connectivity index (χ0n) is 6.72. The Morgan fingerprint density at radius 1 is 1.70 bits per heavy atom. The lowest BCUT2D eigenvalue weighted by Gasteiger charge is -2.16. The van der Waals surface area contributed by atoms with Crippen LogP contribution in [0.5, 0.6) is 0 Å². The van der Waals surface area contributed by atoms with Crippen LogP contribution in [-0.4, -0.2) is 18.6 Å². The Morgan fingerprint density at radius 2 is 2.30 bits per heavy atom. The smallest absolute Gasteiger partial charge is 0.0660 e. The summed E-state index contributed by atoms with van der Waals surface area (Å²) in [7, 11) is 0. The van der Waals surface area contributed by atoms with Crippen LogP contribution in [0.2, 0.25) is 0 Å². The van der Waals surface area contributed by atoms with E-state index in [2.05, 4.69) is 18.2 Å². The molecule has 0 fully saturated rings. The normalized spacial score (nSPS) is 15.8. The van der Waals surface area contributed by atoms with Crippen molar-refractivity contribution in [1.82, 2.24) is 5.32 Å². The molecule has 0 aromatic carbocycles. The number of rotatable bonds is 4. The van der Waals surface area contributed by atoms with E-state index in [1.807, 2.05) is 6.92 Å². The van der Waals surface area contributed by atoms with E-state index >= 15 is 0 Å². The Labute approximate surface area is 63.2 Å². The Hall–Kier alpha value is -0.520. The van der Waals surface area contributed by atoms with Crippen molar-refractivity contribution in [3.63, 3.8) is 0 Å². The van der Waals surface area contributed by atoms with Crippen LogP contribution in [-0.2, 0) is 0 Å². The predicted octanol–water partition coefficient (Wildman–Crippen LogP) is 0.335. The molecule has 0 aliphatic heterocycles. The molecule has 0 aliphatic rings. The summed E-state index contributed by atoms with van der Waals surface area (Å²) in [5, 5.41) is 3.20. The second-order valence-electron chi connectivity index (χ2n) is 2.40. The van der Waals surface area contributed by atoms with E-state index in [0.29, 0.717) is 12.6 Å². The third-order valence-corrected chi connectivity index (χ3v) is 1.51. The summed E-state index contributed by atoms with van der Waals surface area (Å²) in [6, 6.07) is 0.500. The van der Waals surface area contributed by atoms with Crippen molar-refractivity contribution >= 4 is 0 Å². The summed E-state index contributed by atoms with van der Waals surface area (Å²) < 4.78 is 0. The maximum Gasteiger partial charge on any atom is 0.0660 e. The van der Waals surface area contributed by atoms with Crippen molar-refractivity contribution in [2.24, 2.45) is 5.73 Å². The van der Waals surface area contributed by atoms with Crippen molar-refractivity contribution < 1.29 is 0 Å². The van der Waals surface area contributed by atoms with Crippen LogP contribution in [0.25, 0.3) is 0 Å². The van der Waals surface area contributed by atoms with Crippen molar-refractivity contribution in [2.45, 2.75) is 32.4 Å². The van der Waals surface area contributed by atoms with E-state index in [-0.39, 0.29) is 6.04 Å². The monoisotopic (exact) mass is 140 g/mol. The van der Waals surface area contributed by atoms with Gasteiger partial charge in [0.25, 0.3) is 0 Å². The van der Waals surface area contributed by atoms with Gasteiger partial charge in [0.1, 0.15) is 0 Å².